The van der Waals surface area contributed by atoms with Gasteiger partial charge >= 0.3 is 0 Å². The van der Waals surface area contributed by atoms with Crippen LogP contribution in [0, 0.1) is 0 Å². The number of carbonyl (C=O) groups excluding carboxylic acids is 2. The molecule has 0 spiro atoms. The quantitative estimate of drug-likeness (QED) is 0.523. The van der Waals surface area contributed by atoms with Crippen LogP contribution in [0.25, 0.3) is 0 Å². The summed E-state index contributed by atoms with van der Waals surface area (Å²) in [5.41, 5.74) is 3.42. The maximum absolute atomic E-state index is 12.4. The minimum Gasteiger partial charge on any atom is -0.354 e. The Morgan fingerprint density at radius 3 is 2.38 bits per heavy atom. The van der Waals surface area contributed by atoms with Crippen molar-refractivity contribution in [1.29, 1.82) is 0 Å². The zero-order valence-corrected chi connectivity index (χ0v) is 14.6. The van der Waals surface area contributed by atoms with Crippen molar-refractivity contribution in [2.24, 2.45) is 4.99 Å². The van der Waals surface area contributed by atoms with E-state index < -0.39 is 0 Å². The number of hydrogen-bond donors (Lipinski definition) is 1. The molecule has 0 atom stereocenters. The zero-order chi connectivity index (χ0) is 18.1. The molecule has 0 saturated heterocycles. The molecule has 0 fully saturated rings. The number of nitrogens with one attached hydrogen (secondary N) is 1. The molecule has 2 amide bonds. The van der Waals surface area contributed by atoms with Crippen LogP contribution in [0.4, 0.5) is 5.69 Å². The normalized spacial score (nSPS) is 16.1. The molecule has 4 rings (SSSR count). The topological polar surface area (TPSA) is 65.0 Å². The van der Waals surface area contributed by atoms with Crippen molar-refractivity contribution in [3.63, 3.8) is 0 Å². The number of fused-ring (bicyclic) bond motifs is 2. The maximum Gasteiger partial charge on any atom is 0.261 e. The Morgan fingerprint density at radius 2 is 1.69 bits per heavy atom. The van der Waals surface area contributed by atoms with Crippen LogP contribution in [0.15, 0.2) is 53.5 Å². The van der Waals surface area contributed by atoms with Gasteiger partial charge in [-0.1, -0.05) is 30.3 Å². The van der Waals surface area contributed by atoms with Crippen LogP contribution in [0.3, 0.4) is 0 Å². The third-order valence-corrected chi connectivity index (χ3v) is 4.85. The Morgan fingerprint density at radius 1 is 1.04 bits per heavy atom. The van der Waals surface area contributed by atoms with Crippen molar-refractivity contribution in [2.75, 3.05) is 31.6 Å². The lowest BCUT2D eigenvalue weighted by molar-refractivity contribution is 0.0657. The summed E-state index contributed by atoms with van der Waals surface area (Å²) in [6.45, 7) is 1.63. The van der Waals surface area contributed by atoms with Gasteiger partial charge < -0.3 is 10.2 Å². The molecule has 0 unspecified atom stereocenters. The van der Waals surface area contributed by atoms with E-state index in [4.69, 9.17) is 0 Å². The van der Waals surface area contributed by atoms with Gasteiger partial charge in [-0.05, 0) is 30.2 Å². The van der Waals surface area contributed by atoms with E-state index >= 15 is 0 Å². The Kier molecular flexibility index (Phi) is 4.16. The lowest BCUT2D eigenvalue weighted by atomic mass is 10.1. The summed E-state index contributed by atoms with van der Waals surface area (Å²) in [6, 6.07) is 15.2. The molecule has 0 saturated carbocycles. The van der Waals surface area contributed by atoms with Gasteiger partial charge in [-0.25, -0.2) is 0 Å². The van der Waals surface area contributed by atoms with Gasteiger partial charge in [0.25, 0.3) is 11.8 Å². The van der Waals surface area contributed by atoms with Crippen LogP contribution in [-0.4, -0.2) is 49.4 Å². The van der Waals surface area contributed by atoms with Gasteiger partial charge in [0.05, 0.1) is 11.1 Å². The minimum absolute atomic E-state index is 0.228. The summed E-state index contributed by atoms with van der Waals surface area (Å²) in [7, 11) is 1.74. The van der Waals surface area contributed by atoms with E-state index in [2.05, 4.69) is 27.3 Å². The van der Waals surface area contributed by atoms with E-state index in [0.717, 1.165) is 24.6 Å². The van der Waals surface area contributed by atoms with E-state index in [1.807, 2.05) is 12.1 Å². The van der Waals surface area contributed by atoms with Crippen molar-refractivity contribution >= 4 is 23.5 Å². The van der Waals surface area contributed by atoms with Gasteiger partial charge in [-0.15, -0.1) is 0 Å². The molecule has 1 N–H and O–H groups in total. The number of benzene rings is 2. The molecule has 2 aromatic rings. The summed E-state index contributed by atoms with van der Waals surface area (Å²) in [5, 5.41) is 3.28. The molecule has 2 aliphatic rings. The van der Waals surface area contributed by atoms with Crippen LogP contribution < -0.4 is 10.2 Å². The molecule has 0 aliphatic carbocycles. The van der Waals surface area contributed by atoms with E-state index in [1.165, 1.54) is 10.5 Å². The number of guanidine groups is 1. The van der Waals surface area contributed by atoms with Crippen molar-refractivity contribution < 1.29 is 9.59 Å². The van der Waals surface area contributed by atoms with Gasteiger partial charge in [0.15, 0.2) is 5.96 Å². The van der Waals surface area contributed by atoms with E-state index in [9.17, 15) is 9.59 Å². The second-order valence-corrected chi connectivity index (χ2v) is 6.31. The average Bonchev–Trinajstić information content (AvgIpc) is 3.20. The molecular formula is C20H20N4O2. The highest BCUT2D eigenvalue weighted by molar-refractivity contribution is 6.21. The first kappa shape index (κ1) is 16.3. The average molecular weight is 348 g/mol. The Bertz CT molecular complexity index is 871. The largest absolute Gasteiger partial charge is 0.354 e. The molecule has 2 heterocycles. The van der Waals surface area contributed by atoms with Crippen LogP contribution in [0.5, 0.6) is 0 Å². The molecule has 0 aromatic heterocycles. The fourth-order valence-electron chi connectivity index (χ4n) is 3.58. The standard InChI is InChI=1S/C20H20N4O2/c1-21-20(23-12-10-14-6-2-5-9-17(14)23)22-11-13-24-18(25)15-7-3-4-8-16(15)19(24)26/h2-9H,10-13H2,1H3,(H,21,22). The number of rotatable bonds is 3. The molecule has 6 heteroatoms. The molecular weight excluding hydrogens is 328 g/mol. The number of para-hydroxylation sites is 1. The second kappa shape index (κ2) is 6.63. The Balaban J connectivity index is 1.41. The molecule has 2 aliphatic heterocycles. The third-order valence-electron chi connectivity index (χ3n) is 4.85. The summed E-state index contributed by atoms with van der Waals surface area (Å²) in [5.74, 6) is 0.300. The summed E-state index contributed by atoms with van der Waals surface area (Å²) < 4.78 is 0. The van der Waals surface area contributed by atoms with Crippen LogP contribution in [0.1, 0.15) is 26.3 Å². The van der Waals surface area contributed by atoms with Gasteiger partial charge in [-0.3, -0.25) is 19.5 Å². The maximum atomic E-state index is 12.4. The van der Waals surface area contributed by atoms with Gasteiger partial charge in [0.2, 0.25) is 0 Å². The molecule has 0 bridgehead atoms. The van der Waals surface area contributed by atoms with Gasteiger partial charge in [-0.2, -0.15) is 0 Å². The first-order valence-corrected chi connectivity index (χ1v) is 8.72. The number of anilines is 1. The highest BCUT2D eigenvalue weighted by atomic mass is 16.2. The highest BCUT2D eigenvalue weighted by Gasteiger charge is 2.34. The number of imide groups is 1. The SMILES string of the molecule is CN=C(NCCN1C(=O)c2ccccc2C1=O)N1CCc2ccccc21. The molecule has 0 radical (unpaired) electrons. The van der Waals surface area contributed by atoms with Crippen molar-refractivity contribution in [3.05, 3.63) is 65.2 Å². The fourth-order valence-corrected chi connectivity index (χ4v) is 3.58. The number of amides is 2. The smallest absolute Gasteiger partial charge is 0.261 e. The molecule has 2 aromatic carbocycles. The molecule has 26 heavy (non-hydrogen) atoms. The monoisotopic (exact) mass is 348 g/mol. The van der Waals surface area contributed by atoms with Gasteiger partial charge in [0, 0.05) is 32.4 Å². The lowest BCUT2D eigenvalue weighted by Gasteiger charge is -2.23. The Labute approximate surface area is 152 Å². The van der Waals surface area contributed by atoms with Crippen LogP contribution in [-0.2, 0) is 6.42 Å². The van der Waals surface area contributed by atoms with Crippen molar-refractivity contribution in [3.8, 4) is 0 Å². The molecule has 132 valence electrons. The van der Waals surface area contributed by atoms with E-state index in [-0.39, 0.29) is 11.8 Å². The summed E-state index contributed by atoms with van der Waals surface area (Å²) in [6.07, 6.45) is 0.981. The van der Waals surface area contributed by atoms with E-state index in [1.54, 1.807) is 31.3 Å². The second-order valence-electron chi connectivity index (χ2n) is 6.31. The number of hydrogen-bond acceptors (Lipinski definition) is 3. The lowest BCUT2D eigenvalue weighted by Crippen LogP contribution is -2.44. The number of aliphatic imine (C=N–C) groups is 1. The summed E-state index contributed by atoms with van der Waals surface area (Å²) in [4.78, 5) is 32.6. The van der Waals surface area contributed by atoms with E-state index in [0.29, 0.717) is 24.2 Å². The number of nitrogens with zero attached hydrogens (tertiary/aromatic N) is 3. The van der Waals surface area contributed by atoms with Crippen LogP contribution >= 0.6 is 0 Å². The predicted molar refractivity (Wildman–Crippen MR) is 101 cm³/mol. The van der Waals surface area contributed by atoms with Crippen LogP contribution in [0.2, 0.25) is 0 Å². The van der Waals surface area contributed by atoms with Gasteiger partial charge in [0.1, 0.15) is 0 Å². The van der Waals surface area contributed by atoms with Crippen molar-refractivity contribution in [1.82, 2.24) is 10.2 Å². The highest BCUT2D eigenvalue weighted by Crippen LogP contribution is 2.27. The first-order chi connectivity index (χ1) is 12.7. The molecule has 6 nitrogen and oxygen atoms in total. The first-order valence-electron chi connectivity index (χ1n) is 8.72. The zero-order valence-electron chi connectivity index (χ0n) is 14.6. The Hall–Kier alpha value is -3.15. The van der Waals surface area contributed by atoms with Crippen molar-refractivity contribution in [2.45, 2.75) is 6.42 Å². The predicted octanol–water partition coefficient (Wildman–Crippen LogP) is 1.92. The number of carbonyl (C=O) groups is 2. The third kappa shape index (κ3) is 2.63. The minimum atomic E-state index is -0.228. The summed E-state index contributed by atoms with van der Waals surface area (Å²) >= 11 is 0. The fraction of sp³-hybridized carbons (Fsp3) is 0.250.